The van der Waals surface area contributed by atoms with Gasteiger partial charge in [-0.05, 0) is 46.6 Å². The molecule has 0 atom stereocenters. The second kappa shape index (κ2) is 9.65. The molecule has 0 aromatic carbocycles. The van der Waals surface area contributed by atoms with E-state index in [0.717, 1.165) is 32.5 Å². The highest BCUT2D eigenvalue weighted by atomic mass is 16.5. The standard InChI is InChI=1S/C11H22N2O2/c1-4-15-11(14)7-5-9-13(3)10-6-8-12-2/h2,4-10H2,1,3H3. The summed E-state index contributed by atoms with van der Waals surface area (Å²) in [4.78, 5) is 17.0. The van der Waals surface area contributed by atoms with Crippen LogP contribution in [0.5, 0.6) is 0 Å². The van der Waals surface area contributed by atoms with Gasteiger partial charge >= 0.3 is 5.97 Å². The number of nitrogens with zero attached hydrogens (tertiary/aromatic N) is 2. The van der Waals surface area contributed by atoms with Crippen LogP contribution in [-0.4, -0.2) is 50.9 Å². The molecule has 0 bridgehead atoms. The van der Waals surface area contributed by atoms with Gasteiger partial charge in [-0.3, -0.25) is 4.79 Å². The number of hydrogen-bond acceptors (Lipinski definition) is 4. The minimum atomic E-state index is -0.0985. The minimum Gasteiger partial charge on any atom is -0.466 e. The molecule has 88 valence electrons. The average Bonchev–Trinajstić information content (AvgIpc) is 2.18. The van der Waals surface area contributed by atoms with Crippen LogP contribution in [0.3, 0.4) is 0 Å². The fourth-order valence-electron chi connectivity index (χ4n) is 1.29. The number of aliphatic imine (C=N–C) groups is 1. The Morgan fingerprint density at radius 2 is 2.07 bits per heavy atom. The SMILES string of the molecule is C=NCCCN(C)CCCC(=O)OCC. The number of hydrogen-bond donors (Lipinski definition) is 0. The van der Waals surface area contributed by atoms with E-state index in [1.165, 1.54) is 0 Å². The maximum absolute atomic E-state index is 11.0. The van der Waals surface area contributed by atoms with Crippen LogP contribution in [-0.2, 0) is 9.53 Å². The molecule has 0 N–H and O–H groups in total. The third-order valence-corrected chi connectivity index (χ3v) is 2.08. The predicted octanol–water partition coefficient (Wildman–Crippen LogP) is 1.35. The van der Waals surface area contributed by atoms with Gasteiger partial charge in [0.1, 0.15) is 0 Å². The summed E-state index contributed by atoms with van der Waals surface area (Å²) in [5, 5.41) is 0. The first-order valence-corrected chi connectivity index (χ1v) is 5.47. The van der Waals surface area contributed by atoms with Gasteiger partial charge in [0.05, 0.1) is 6.61 Å². The Hall–Kier alpha value is -0.900. The molecule has 0 aliphatic carbocycles. The molecule has 0 aliphatic heterocycles. The van der Waals surface area contributed by atoms with Crippen LogP contribution < -0.4 is 0 Å². The van der Waals surface area contributed by atoms with Crippen molar-refractivity contribution < 1.29 is 9.53 Å². The largest absolute Gasteiger partial charge is 0.466 e. The average molecular weight is 214 g/mol. The highest BCUT2D eigenvalue weighted by Crippen LogP contribution is 1.96. The normalized spacial score (nSPS) is 10.3. The van der Waals surface area contributed by atoms with Gasteiger partial charge in [-0.2, -0.15) is 0 Å². The van der Waals surface area contributed by atoms with Crippen LogP contribution in [0.4, 0.5) is 0 Å². The van der Waals surface area contributed by atoms with Crippen LogP contribution in [0.1, 0.15) is 26.2 Å². The van der Waals surface area contributed by atoms with E-state index in [1.807, 2.05) is 14.0 Å². The first-order valence-electron chi connectivity index (χ1n) is 5.47. The second-order valence-corrected chi connectivity index (χ2v) is 3.51. The van der Waals surface area contributed by atoms with Crippen molar-refractivity contribution in [3.8, 4) is 0 Å². The molecule has 0 spiro atoms. The van der Waals surface area contributed by atoms with E-state index in [1.54, 1.807) is 0 Å². The van der Waals surface area contributed by atoms with E-state index in [-0.39, 0.29) is 5.97 Å². The first-order chi connectivity index (χ1) is 7.20. The van der Waals surface area contributed by atoms with Crippen LogP contribution in [0, 0.1) is 0 Å². The molecule has 0 heterocycles. The Morgan fingerprint density at radius 3 is 2.67 bits per heavy atom. The molecular formula is C11H22N2O2. The van der Waals surface area contributed by atoms with Gasteiger partial charge in [0.15, 0.2) is 0 Å². The molecule has 0 fully saturated rings. The summed E-state index contributed by atoms with van der Waals surface area (Å²) in [7, 11) is 2.05. The molecule has 0 aromatic heterocycles. The number of rotatable bonds is 9. The lowest BCUT2D eigenvalue weighted by molar-refractivity contribution is -0.143. The quantitative estimate of drug-likeness (QED) is 0.330. The van der Waals surface area contributed by atoms with Crippen molar-refractivity contribution in [3.05, 3.63) is 0 Å². The van der Waals surface area contributed by atoms with Gasteiger partial charge in [0.2, 0.25) is 0 Å². The van der Waals surface area contributed by atoms with E-state index in [4.69, 9.17) is 4.74 Å². The van der Waals surface area contributed by atoms with Crippen LogP contribution in [0.2, 0.25) is 0 Å². The maximum atomic E-state index is 11.0. The summed E-state index contributed by atoms with van der Waals surface area (Å²) in [5.41, 5.74) is 0. The molecule has 0 aliphatic rings. The third kappa shape index (κ3) is 9.41. The van der Waals surface area contributed by atoms with Crippen LogP contribution in [0.25, 0.3) is 0 Å². The zero-order valence-corrected chi connectivity index (χ0v) is 9.87. The number of esters is 1. The Morgan fingerprint density at radius 1 is 1.40 bits per heavy atom. The predicted molar refractivity (Wildman–Crippen MR) is 62.4 cm³/mol. The van der Waals surface area contributed by atoms with E-state index in [0.29, 0.717) is 13.0 Å². The molecular weight excluding hydrogens is 192 g/mol. The maximum Gasteiger partial charge on any atom is 0.305 e. The zero-order chi connectivity index (χ0) is 11.5. The topological polar surface area (TPSA) is 41.9 Å². The molecule has 0 radical (unpaired) electrons. The van der Waals surface area contributed by atoms with E-state index < -0.39 is 0 Å². The van der Waals surface area contributed by atoms with E-state index >= 15 is 0 Å². The summed E-state index contributed by atoms with van der Waals surface area (Å²) in [6.45, 7) is 8.47. The van der Waals surface area contributed by atoms with Gasteiger partial charge < -0.3 is 14.6 Å². The molecule has 4 heteroatoms. The van der Waals surface area contributed by atoms with E-state index in [2.05, 4.69) is 16.6 Å². The van der Waals surface area contributed by atoms with Crippen molar-refractivity contribution in [3.63, 3.8) is 0 Å². The van der Waals surface area contributed by atoms with Crippen LogP contribution >= 0.6 is 0 Å². The lowest BCUT2D eigenvalue weighted by Crippen LogP contribution is -2.22. The monoisotopic (exact) mass is 214 g/mol. The van der Waals surface area contributed by atoms with Gasteiger partial charge in [0.25, 0.3) is 0 Å². The summed E-state index contributed by atoms with van der Waals surface area (Å²) in [6, 6.07) is 0. The highest BCUT2D eigenvalue weighted by molar-refractivity contribution is 5.69. The number of ether oxygens (including phenoxy) is 1. The summed E-state index contributed by atoms with van der Waals surface area (Å²) in [6.07, 6.45) is 2.40. The lowest BCUT2D eigenvalue weighted by atomic mass is 10.3. The van der Waals surface area contributed by atoms with Crippen molar-refractivity contribution >= 4 is 12.7 Å². The Labute approximate surface area is 92.3 Å². The molecule has 0 aromatic rings. The third-order valence-electron chi connectivity index (χ3n) is 2.08. The van der Waals surface area contributed by atoms with Crippen LogP contribution in [0.15, 0.2) is 4.99 Å². The summed E-state index contributed by atoms with van der Waals surface area (Å²) in [5.74, 6) is -0.0985. The fraction of sp³-hybridized carbons (Fsp3) is 0.818. The second-order valence-electron chi connectivity index (χ2n) is 3.51. The number of carbonyl (C=O) groups is 1. The highest BCUT2D eigenvalue weighted by Gasteiger charge is 2.03. The minimum absolute atomic E-state index is 0.0985. The number of carbonyl (C=O) groups excluding carboxylic acids is 1. The molecule has 4 nitrogen and oxygen atoms in total. The van der Waals surface area contributed by atoms with E-state index in [9.17, 15) is 4.79 Å². The van der Waals surface area contributed by atoms with Gasteiger partial charge in [-0.25, -0.2) is 0 Å². The molecule has 0 saturated carbocycles. The molecule has 0 rings (SSSR count). The Balaban J connectivity index is 3.33. The van der Waals surface area contributed by atoms with Crippen molar-refractivity contribution in [2.45, 2.75) is 26.2 Å². The smallest absolute Gasteiger partial charge is 0.305 e. The Kier molecular flexibility index (Phi) is 9.07. The van der Waals surface area contributed by atoms with Gasteiger partial charge in [0, 0.05) is 13.0 Å². The van der Waals surface area contributed by atoms with Crippen molar-refractivity contribution in [1.82, 2.24) is 4.90 Å². The zero-order valence-electron chi connectivity index (χ0n) is 9.87. The Bertz CT molecular complexity index is 183. The summed E-state index contributed by atoms with van der Waals surface area (Å²) >= 11 is 0. The van der Waals surface area contributed by atoms with Gasteiger partial charge in [-0.15, -0.1) is 0 Å². The summed E-state index contributed by atoms with van der Waals surface area (Å²) < 4.78 is 4.84. The molecule has 15 heavy (non-hydrogen) atoms. The van der Waals surface area contributed by atoms with Crippen molar-refractivity contribution in [1.29, 1.82) is 0 Å². The van der Waals surface area contributed by atoms with Gasteiger partial charge in [-0.1, -0.05) is 0 Å². The molecule has 0 amide bonds. The molecule has 0 unspecified atom stereocenters. The fourth-order valence-corrected chi connectivity index (χ4v) is 1.29. The lowest BCUT2D eigenvalue weighted by Gasteiger charge is -2.15. The molecule has 0 saturated heterocycles. The van der Waals surface area contributed by atoms with Crippen molar-refractivity contribution in [2.24, 2.45) is 4.99 Å². The first kappa shape index (κ1) is 14.1. The van der Waals surface area contributed by atoms with Crippen molar-refractivity contribution in [2.75, 3.05) is 33.3 Å².